The number of fused-ring (bicyclic) bond motifs is 1. The first-order valence-electron chi connectivity index (χ1n) is 9.28. The number of ether oxygens (including phenoxy) is 2. The highest BCUT2D eigenvalue weighted by molar-refractivity contribution is 6.30. The summed E-state index contributed by atoms with van der Waals surface area (Å²) in [6.45, 7) is 6.80. The molecule has 0 aliphatic carbocycles. The molecule has 0 saturated carbocycles. The third kappa shape index (κ3) is 4.95. The predicted molar refractivity (Wildman–Crippen MR) is 104 cm³/mol. The zero-order chi connectivity index (χ0) is 19.4. The standard InChI is InChI=1S/C20H25ClN2O4/c1-14(2)12-27-20(25)23-7-3-6-22(8-9-23)19(24)16-10-15-11-17(21)4-5-18(15)26-13-16/h4-5,10-11,14H,3,6-9,12-13H2,1-2H3. The first kappa shape index (κ1) is 19.5. The van der Waals surface area contributed by atoms with Crippen LogP contribution in [0.15, 0.2) is 23.8 Å². The maximum atomic E-state index is 12.9. The minimum Gasteiger partial charge on any atom is -0.488 e. The molecule has 0 bridgehead atoms. The van der Waals surface area contributed by atoms with Crippen LogP contribution in [0.1, 0.15) is 25.8 Å². The van der Waals surface area contributed by atoms with E-state index >= 15 is 0 Å². The van der Waals surface area contributed by atoms with Gasteiger partial charge in [-0.25, -0.2) is 4.79 Å². The highest BCUT2D eigenvalue weighted by atomic mass is 35.5. The molecule has 0 spiro atoms. The van der Waals surface area contributed by atoms with Crippen molar-refractivity contribution < 1.29 is 19.1 Å². The van der Waals surface area contributed by atoms with Gasteiger partial charge in [-0.3, -0.25) is 4.79 Å². The largest absolute Gasteiger partial charge is 0.488 e. The maximum Gasteiger partial charge on any atom is 0.409 e. The zero-order valence-corrected chi connectivity index (χ0v) is 16.5. The van der Waals surface area contributed by atoms with Crippen LogP contribution in [0.4, 0.5) is 4.79 Å². The smallest absolute Gasteiger partial charge is 0.409 e. The van der Waals surface area contributed by atoms with E-state index in [0.29, 0.717) is 49.3 Å². The number of benzene rings is 1. The minimum absolute atomic E-state index is 0.0574. The topological polar surface area (TPSA) is 59.1 Å². The van der Waals surface area contributed by atoms with Gasteiger partial charge < -0.3 is 19.3 Å². The summed E-state index contributed by atoms with van der Waals surface area (Å²) in [4.78, 5) is 28.5. The molecular weight excluding hydrogens is 368 g/mol. The molecule has 27 heavy (non-hydrogen) atoms. The summed E-state index contributed by atoms with van der Waals surface area (Å²) in [6.07, 6.45) is 2.26. The molecule has 0 aromatic heterocycles. The molecule has 146 valence electrons. The van der Waals surface area contributed by atoms with Crippen molar-refractivity contribution in [1.29, 1.82) is 0 Å². The number of nitrogens with zero attached hydrogens (tertiary/aromatic N) is 2. The number of carbonyl (C=O) groups is 2. The van der Waals surface area contributed by atoms with Gasteiger partial charge >= 0.3 is 6.09 Å². The lowest BCUT2D eigenvalue weighted by Crippen LogP contribution is -2.39. The van der Waals surface area contributed by atoms with Gasteiger partial charge in [0.05, 0.1) is 12.2 Å². The van der Waals surface area contributed by atoms with Crippen molar-refractivity contribution in [3.8, 4) is 5.75 Å². The molecule has 2 aliphatic rings. The molecule has 0 radical (unpaired) electrons. The van der Waals surface area contributed by atoms with Crippen molar-refractivity contribution in [2.75, 3.05) is 39.4 Å². The van der Waals surface area contributed by atoms with Crippen molar-refractivity contribution in [2.24, 2.45) is 5.92 Å². The fourth-order valence-corrected chi connectivity index (χ4v) is 3.29. The van der Waals surface area contributed by atoms with E-state index < -0.39 is 0 Å². The summed E-state index contributed by atoms with van der Waals surface area (Å²) in [5, 5.41) is 0.604. The van der Waals surface area contributed by atoms with Crippen LogP contribution in [0.3, 0.4) is 0 Å². The number of halogens is 1. The first-order chi connectivity index (χ1) is 12.9. The van der Waals surface area contributed by atoms with Crippen LogP contribution in [0, 0.1) is 5.92 Å². The SMILES string of the molecule is CC(C)COC(=O)N1CCCN(C(=O)C2=Cc3cc(Cl)ccc3OC2)CC1. The summed E-state index contributed by atoms with van der Waals surface area (Å²) in [6, 6.07) is 5.36. The quantitative estimate of drug-likeness (QED) is 0.790. The van der Waals surface area contributed by atoms with Crippen molar-refractivity contribution in [1.82, 2.24) is 9.80 Å². The molecule has 7 heteroatoms. The van der Waals surface area contributed by atoms with Gasteiger partial charge in [0, 0.05) is 36.8 Å². The summed E-state index contributed by atoms with van der Waals surface area (Å²) in [5.74, 6) is 0.970. The Morgan fingerprint density at radius 2 is 1.93 bits per heavy atom. The van der Waals surface area contributed by atoms with E-state index in [4.69, 9.17) is 21.1 Å². The Balaban J connectivity index is 1.62. The second-order valence-corrected chi connectivity index (χ2v) is 7.68. The van der Waals surface area contributed by atoms with E-state index in [1.807, 2.05) is 26.0 Å². The highest BCUT2D eigenvalue weighted by Crippen LogP contribution is 2.29. The Bertz CT molecular complexity index is 747. The van der Waals surface area contributed by atoms with Crippen LogP contribution < -0.4 is 4.74 Å². The second kappa shape index (κ2) is 8.65. The van der Waals surface area contributed by atoms with Gasteiger partial charge in [0.25, 0.3) is 5.91 Å². The Kier molecular flexibility index (Phi) is 6.26. The van der Waals surface area contributed by atoms with Crippen molar-refractivity contribution >= 4 is 29.7 Å². The van der Waals surface area contributed by atoms with Gasteiger partial charge in [-0.2, -0.15) is 0 Å². The average molecular weight is 393 g/mol. The third-order valence-electron chi connectivity index (χ3n) is 4.54. The van der Waals surface area contributed by atoms with Gasteiger partial charge in [-0.1, -0.05) is 25.4 Å². The van der Waals surface area contributed by atoms with Crippen LogP contribution in [0.5, 0.6) is 5.75 Å². The van der Waals surface area contributed by atoms with Crippen LogP contribution in [0.2, 0.25) is 5.02 Å². The number of amides is 2. The molecule has 2 amide bonds. The Hall–Kier alpha value is -2.21. The van der Waals surface area contributed by atoms with Crippen LogP contribution in [0.25, 0.3) is 6.08 Å². The van der Waals surface area contributed by atoms with Crippen LogP contribution in [-0.4, -0.2) is 61.2 Å². The van der Waals surface area contributed by atoms with E-state index in [1.54, 1.807) is 21.9 Å². The number of carbonyl (C=O) groups excluding carboxylic acids is 2. The zero-order valence-electron chi connectivity index (χ0n) is 15.7. The van der Waals surface area contributed by atoms with E-state index in [9.17, 15) is 9.59 Å². The molecule has 1 aromatic rings. The second-order valence-electron chi connectivity index (χ2n) is 7.24. The monoisotopic (exact) mass is 392 g/mol. The van der Waals surface area contributed by atoms with Gasteiger partial charge in [-0.05, 0) is 36.6 Å². The van der Waals surface area contributed by atoms with E-state index in [0.717, 1.165) is 17.7 Å². The van der Waals surface area contributed by atoms with E-state index in [-0.39, 0.29) is 18.6 Å². The Morgan fingerprint density at radius 3 is 2.70 bits per heavy atom. The lowest BCUT2D eigenvalue weighted by atomic mass is 10.1. The molecule has 1 saturated heterocycles. The maximum absolute atomic E-state index is 12.9. The molecule has 1 fully saturated rings. The summed E-state index contributed by atoms with van der Waals surface area (Å²) >= 11 is 6.04. The lowest BCUT2D eigenvalue weighted by Gasteiger charge is -2.25. The summed E-state index contributed by atoms with van der Waals surface area (Å²) < 4.78 is 11.0. The minimum atomic E-state index is -0.304. The van der Waals surface area contributed by atoms with Crippen LogP contribution in [-0.2, 0) is 9.53 Å². The van der Waals surface area contributed by atoms with Crippen molar-refractivity contribution in [2.45, 2.75) is 20.3 Å². The van der Waals surface area contributed by atoms with E-state index in [2.05, 4.69) is 0 Å². The molecule has 0 unspecified atom stereocenters. The van der Waals surface area contributed by atoms with Crippen molar-refractivity contribution in [3.05, 3.63) is 34.4 Å². The summed E-state index contributed by atoms with van der Waals surface area (Å²) in [5.41, 5.74) is 1.41. The van der Waals surface area contributed by atoms with Crippen molar-refractivity contribution in [3.63, 3.8) is 0 Å². The predicted octanol–water partition coefficient (Wildman–Crippen LogP) is 3.44. The molecule has 2 heterocycles. The van der Waals surface area contributed by atoms with Gasteiger partial charge in [0.15, 0.2) is 0 Å². The highest BCUT2D eigenvalue weighted by Gasteiger charge is 2.26. The van der Waals surface area contributed by atoms with Gasteiger partial charge in [0.1, 0.15) is 12.4 Å². The van der Waals surface area contributed by atoms with Gasteiger partial charge in [0.2, 0.25) is 0 Å². The van der Waals surface area contributed by atoms with Crippen LogP contribution >= 0.6 is 11.6 Å². The average Bonchev–Trinajstić information content (AvgIpc) is 2.91. The normalized spacial score (nSPS) is 17.0. The third-order valence-corrected chi connectivity index (χ3v) is 4.78. The fourth-order valence-electron chi connectivity index (χ4n) is 3.11. The molecule has 0 atom stereocenters. The molecular formula is C20H25ClN2O4. The Labute approximate surface area is 164 Å². The lowest BCUT2D eigenvalue weighted by molar-refractivity contribution is -0.127. The molecule has 0 N–H and O–H groups in total. The molecule has 1 aromatic carbocycles. The first-order valence-corrected chi connectivity index (χ1v) is 9.65. The number of hydrogen-bond acceptors (Lipinski definition) is 4. The van der Waals surface area contributed by atoms with E-state index in [1.165, 1.54) is 0 Å². The number of hydrogen-bond donors (Lipinski definition) is 0. The molecule has 3 rings (SSSR count). The Morgan fingerprint density at radius 1 is 1.19 bits per heavy atom. The fraction of sp³-hybridized carbons (Fsp3) is 0.500. The summed E-state index contributed by atoms with van der Waals surface area (Å²) in [7, 11) is 0. The van der Waals surface area contributed by atoms with Gasteiger partial charge in [-0.15, -0.1) is 0 Å². The molecule has 6 nitrogen and oxygen atoms in total. The molecule has 2 aliphatic heterocycles. The number of rotatable bonds is 3.